The van der Waals surface area contributed by atoms with Crippen molar-refractivity contribution in [1.29, 1.82) is 0 Å². The summed E-state index contributed by atoms with van der Waals surface area (Å²) in [5, 5.41) is 4.22. The van der Waals surface area contributed by atoms with E-state index in [1.807, 2.05) is 28.7 Å². The summed E-state index contributed by atoms with van der Waals surface area (Å²) in [5.74, 6) is 2.35. The molecule has 1 saturated heterocycles. The largest absolute Gasteiger partial charge is 0.297 e. The summed E-state index contributed by atoms with van der Waals surface area (Å²) in [4.78, 5) is 11.7. The predicted molar refractivity (Wildman–Crippen MR) is 57.4 cm³/mol. The third-order valence-corrected chi connectivity index (χ3v) is 3.90. The highest BCUT2D eigenvalue weighted by Crippen LogP contribution is 2.33. The average molecular weight is 210 g/mol. The topological polar surface area (TPSA) is 34.9 Å². The van der Waals surface area contributed by atoms with Gasteiger partial charge in [0.1, 0.15) is 5.54 Å². The first kappa shape index (κ1) is 9.77. The zero-order valence-corrected chi connectivity index (χ0v) is 9.09. The first-order valence-corrected chi connectivity index (χ1v) is 6.00. The maximum Gasteiger partial charge on any atom is 0.157 e. The fraction of sp³-hybridized carbons (Fsp3) is 0.600. The molecular formula is C10H14N2OS. The van der Waals surface area contributed by atoms with Gasteiger partial charge >= 0.3 is 0 Å². The van der Waals surface area contributed by atoms with Crippen molar-refractivity contribution >= 4 is 17.5 Å². The molecule has 3 nitrogen and oxygen atoms in total. The standard InChI is InChI=1S/C10H14N2OS/c1-9(13)10(3-7-14-8-4-10)12-6-2-5-11-12/h2,5-6H,3-4,7-8H2,1H3. The highest BCUT2D eigenvalue weighted by atomic mass is 32.2. The molecule has 2 heterocycles. The molecule has 0 N–H and O–H groups in total. The van der Waals surface area contributed by atoms with E-state index >= 15 is 0 Å². The van der Waals surface area contributed by atoms with E-state index in [0.717, 1.165) is 24.3 Å². The quantitative estimate of drug-likeness (QED) is 0.745. The van der Waals surface area contributed by atoms with E-state index in [-0.39, 0.29) is 11.3 Å². The lowest BCUT2D eigenvalue weighted by Gasteiger charge is -2.34. The summed E-state index contributed by atoms with van der Waals surface area (Å²) < 4.78 is 1.84. The van der Waals surface area contributed by atoms with Gasteiger partial charge in [0, 0.05) is 12.4 Å². The minimum atomic E-state index is -0.352. The smallest absolute Gasteiger partial charge is 0.157 e. The van der Waals surface area contributed by atoms with Crippen molar-refractivity contribution in [1.82, 2.24) is 9.78 Å². The number of thioether (sulfide) groups is 1. The third-order valence-electron chi connectivity index (χ3n) is 2.92. The first-order chi connectivity index (χ1) is 6.76. The Morgan fingerprint density at radius 2 is 2.21 bits per heavy atom. The van der Waals surface area contributed by atoms with Crippen molar-refractivity contribution in [3.05, 3.63) is 18.5 Å². The van der Waals surface area contributed by atoms with Gasteiger partial charge in [-0.15, -0.1) is 0 Å². The fourth-order valence-electron chi connectivity index (χ4n) is 1.97. The molecule has 1 fully saturated rings. The zero-order valence-electron chi connectivity index (χ0n) is 8.27. The second kappa shape index (κ2) is 3.77. The molecule has 1 aliphatic rings. The molecule has 1 aliphatic heterocycles. The molecule has 1 aromatic heterocycles. The van der Waals surface area contributed by atoms with Crippen LogP contribution in [0, 0.1) is 0 Å². The van der Waals surface area contributed by atoms with Gasteiger partial charge in [-0.1, -0.05) is 0 Å². The van der Waals surface area contributed by atoms with Crippen LogP contribution in [-0.2, 0) is 10.3 Å². The molecule has 0 bridgehead atoms. The molecule has 0 unspecified atom stereocenters. The normalized spacial score (nSPS) is 20.6. The van der Waals surface area contributed by atoms with E-state index in [4.69, 9.17) is 0 Å². The number of aromatic nitrogens is 2. The Kier molecular flexibility index (Phi) is 2.63. The van der Waals surface area contributed by atoms with Crippen molar-refractivity contribution in [3.63, 3.8) is 0 Å². The Labute approximate surface area is 87.9 Å². The molecule has 0 radical (unpaired) electrons. The van der Waals surface area contributed by atoms with Crippen LogP contribution < -0.4 is 0 Å². The lowest BCUT2D eigenvalue weighted by Crippen LogP contribution is -2.44. The lowest BCUT2D eigenvalue weighted by molar-refractivity contribution is -0.126. The number of Topliss-reactive ketones (excluding diaryl/α,β-unsaturated/α-hetero) is 1. The van der Waals surface area contributed by atoms with E-state index < -0.39 is 0 Å². The van der Waals surface area contributed by atoms with Gasteiger partial charge in [-0.2, -0.15) is 16.9 Å². The molecule has 0 saturated carbocycles. The molecule has 0 aliphatic carbocycles. The maximum atomic E-state index is 11.7. The zero-order chi connectivity index (χ0) is 10.0. The number of nitrogens with zero attached hydrogens (tertiary/aromatic N) is 2. The van der Waals surface area contributed by atoms with Gasteiger partial charge in [0.15, 0.2) is 5.78 Å². The van der Waals surface area contributed by atoms with Crippen LogP contribution in [0.1, 0.15) is 19.8 Å². The van der Waals surface area contributed by atoms with Crippen molar-refractivity contribution in [2.75, 3.05) is 11.5 Å². The van der Waals surface area contributed by atoms with Gasteiger partial charge in [-0.3, -0.25) is 9.48 Å². The van der Waals surface area contributed by atoms with E-state index in [2.05, 4.69) is 5.10 Å². The molecule has 0 amide bonds. The number of carbonyl (C=O) groups is 1. The number of ketones is 1. The second-order valence-corrected chi connectivity index (χ2v) is 4.88. The highest BCUT2D eigenvalue weighted by Gasteiger charge is 2.39. The molecule has 0 spiro atoms. The number of carbonyl (C=O) groups excluding carboxylic acids is 1. The molecule has 0 aromatic carbocycles. The van der Waals surface area contributed by atoms with Gasteiger partial charge in [0.25, 0.3) is 0 Å². The first-order valence-electron chi connectivity index (χ1n) is 4.85. The third kappa shape index (κ3) is 1.47. The number of hydrogen-bond donors (Lipinski definition) is 0. The van der Waals surface area contributed by atoms with Gasteiger partial charge in [0.05, 0.1) is 0 Å². The van der Waals surface area contributed by atoms with Crippen LogP contribution in [0.2, 0.25) is 0 Å². The number of hydrogen-bond acceptors (Lipinski definition) is 3. The summed E-state index contributed by atoms with van der Waals surface area (Å²) in [6.07, 6.45) is 5.47. The maximum absolute atomic E-state index is 11.7. The van der Waals surface area contributed by atoms with Gasteiger partial charge in [-0.05, 0) is 37.3 Å². The van der Waals surface area contributed by atoms with Gasteiger partial charge in [0.2, 0.25) is 0 Å². The van der Waals surface area contributed by atoms with Crippen molar-refractivity contribution in [2.45, 2.75) is 25.3 Å². The van der Waals surface area contributed by atoms with E-state index in [1.165, 1.54) is 0 Å². The molecule has 0 atom stereocenters. The Morgan fingerprint density at radius 3 is 2.71 bits per heavy atom. The van der Waals surface area contributed by atoms with Crippen LogP contribution in [0.4, 0.5) is 0 Å². The fourth-order valence-corrected chi connectivity index (χ4v) is 3.14. The van der Waals surface area contributed by atoms with Crippen LogP contribution >= 0.6 is 11.8 Å². The van der Waals surface area contributed by atoms with Crippen LogP contribution in [0.5, 0.6) is 0 Å². The summed E-state index contributed by atoms with van der Waals surface area (Å²) in [6, 6.07) is 1.88. The summed E-state index contributed by atoms with van der Waals surface area (Å²) >= 11 is 1.92. The van der Waals surface area contributed by atoms with Gasteiger partial charge < -0.3 is 0 Å². The van der Waals surface area contributed by atoms with E-state index in [9.17, 15) is 4.79 Å². The van der Waals surface area contributed by atoms with Crippen LogP contribution in [0.3, 0.4) is 0 Å². The summed E-state index contributed by atoms with van der Waals surface area (Å²) in [5.41, 5.74) is -0.352. The molecule has 1 aromatic rings. The average Bonchev–Trinajstić information content (AvgIpc) is 2.72. The Balaban J connectivity index is 2.35. The van der Waals surface area contributed by atoms with Crippen LogP contribution in [-0.4, -0.2) is 27.1 Å². The van der Waals surface area contributed by atoms with Crippen molar-refractivity contribution in [2.24, 2.45) is 0 Å². The molecule has 4 heteroatoms. The predicted octanol–water partition coefficient (Wildman–Crippen LogP) is 1.69. The summed E-state index contributed by atoms with van der Waals surface area (Å²) in [6.45, 7) is 1.68. The SMILES string of the molecule is CC(=O)C1(n2cccn2)CCSCC1. The van der Waals surface area contributed by atoms with Crippen LogP contribution in [0.25, 0.3) is 0 Å². The minimum Gasteiger partial charge on any atom is -0.297 e. The van der Waals surface area contributed by atoms with Crippen LogP contribution in [0.15, 0.2) is 18.5 Å². The van der Waals surface area contributed by atoms with Crippen molar-refractivity contribution < 1.29 is 4.79 Å². The lowest BCUT2D eigenvalue weighted by atomic mass is 9.88. The highest BCUT2D eigenvalue weighted by molar-refractivity contribution is 7.99. The van der Waals surface area contributed by atoms with Gasteiger partial charge in [-0.25, -0.2) is 0 Å². The van der Waals surface area contributed by atoms with E-state index in [0.29, 0.717) is 0 Å². The minimum absolute atomic E-state index is 0.238. The Hall–Kier alpha value is -0.770. The Morgan fingerprint density at radius 1 is 1.50 bits per heavy atom. The summed E-state index contributed by atoms with van der Waals surface area (Å²) in [7, 11) is 0. The number of rotatable bonds is 2. The molecule has 14 heavy (non-hydrogen) atoms. The van der Waals surface area contributed by atoms with Crippen molar-refractivity contribution in [3.8, 4) is 0 Å². The molecular weight excluding hydrogens is 196 g/mol. The monoisotopic (exact) mass is 210 g/mol. The van der Waals surface area contributed by atoms with E-state index in [1.54, 1.807) is 13.1 Å². The Bertz CT molecular complexity index is 315. The molecule has 76 valence electrons. The second-order valence-electron chi connectivity index (χ2n) is 3.65. The molecule has 2 rings (SSSR count).